The summed E-state index contributed by atoms with van der Waals surface area (Å²) in [4.78, 5) is 34.1. The number of rotatable bonds is 11. The highest BCUT2D eigenvalue weighted by Gasteiger charge is 2.49. The minimum Gasteiger partial charge on any atom is -0.504 e. The van der Waals surface area contributed by atoms with Crippen LogP contribution in [-0.2, 0) is 112 Å². The maximum atomic E-state index is 13.4. The number of carbonyl (C=O) groups excluding carboxylic acids is 2. The summed E-state index contributed by atoms with van der Waals surface area (Å²) in [6.45, 7) is 21.1. The molecular formula is C90H125Cl4N5O26S5. The number of likely N-dealkylation sites (tertiary alicyclic amines) is 1. The maximum absolute atomic E-state index is 13.4. The standard InChI is InChI=1S/C19H24ClNO5S.C19H24ClNO3S.C15H21ClN2O3S.C12H14ClNO4S.C9H16O5S.C8H14O3.C8H12O3/c1-18(2,3)17-21-14-5-4-13(20)16(15(14)26-17)27(22,23)12-6-8-19(9-7-12)24-10-11-25-19;1-18(2,3)17-21-14-5-4-13(20)16(15(14)24-17)25-12-6-8-19(9-7-12)22-10-11-23-19;16-12-6-7-13(17)14(19)15(12)22(20,21)11-4-2-10(3-5-11)18-8-1-9-18;13-9-5-6-10(14)11(16)12(9)19(17,18)8-3-1-7(15)2-4-8;1-15(10,11)14-8-2-4-9(5-3-8)12-6-7-13-9;2*9-7-1-3-8(4-2-7)10-5-6-11-8/h4-5,12H,6-11H2,1-3H3;4-5,12H,6-11H2,1-3H3;6-7,10-11,19H,1-5,8-9,17H2;5-6,8,16H,1-4,14H2;8H,2-7H2,1H3;7,9H,1-6H2;1-6H2. The largest absolute Gasteiger partial charge is 0.504 e. The summed E-state index contributed by atoms with van der Waals surface area (Å²) in [6, 6.07) is 13.2. The first kappa shape index (κ1) is 103. The monoisotopic (exact) mass is 1990 g/mol. The molecule has 13 aliphatic rings. The van der Waals surface area contributed by atoms with Crippen LogP contribution in [-0.4, -0.2) is 229 Å². The number of phenols is 2. The first-order chi connectivity index (χ1) is 61.3. The lowest BCUT2D eigenvalue weighted by atomic mass is 9.92. The van der Waals surface area contributed by atoms with Crippen LogP contribution in [0.1, 0.15) is 240 Å². The van der Waals surface area contributed by atoms with Gasteiger partial charge < -0.3 is 87.9 Å². The van der Waals surface area contributed by atoms with E-state index in [0.717, 1.165) is 150 Å². The summed E-state index contributed by atoms with van der Waals surface area (Å²) in [6.07, 6.45) is 20.9. The number of hydrogen-bond acceptors (Lipinski definition) is 32. The van der Waals surface area contributed by atoms with Crippen molar-refractivity contribution in [1.29, 1.82) is 0 Å². The van der Waals surface area contributed by atoms with Crippen molar-refractivity contribution < 1.29 is 119 Å². The van der Waals surface area contributed by atoms with E-state index in [-0.39, 0.29) is 119 Å². The number of oxazole rings is 2. The highest BCUT2D eigenvalue weighted by atomic mass is 35.5. The summed E-state index contributed by atoms with van der Waals surface area (Å²) >= 11 is 26.5. The van der Waals surface area contributed by atoms with Crippen molar-refractivity contribution >= 4 is 143 Å². The first-order valence-electron chi connectivity index (χ1n) is 45.2. The molecule has 4 aromatic carbocycles. The number of sulfone groups is 3. The average Bonchev–Trinajstić information content (AvgIpc) is 1.41. The molecule has 130 heavy (non-hydrogen) atoms. The van der Waals surface area contributed by atoms with Crippen molar-refractivity contribution in [3.63, 3.8) is 0 Å². The van der Waals surface area contributed by atoms with Gasteiger partial charge in [-0.2, -0.15) is 8.42 Å². The van der Waals surface area contributed by atoms with E-state index in [9.17, 15) is 58.6 Å². The molecule has 0 unspecified atom stereocenters. The van der Waals surface area contributed by atoms with Crippen LogP contribution in [0.5, 0.6) is 11.5 Å². The van der Waals surface area contributed by atoms with E-state index in [4.69, 9.17) is 118 Å². The fourth-order valence-electron chi connectivity index (χ4n) is 18.6. The van der Waals surface area contributed by atoms with Crippen LogP contribution in [0.3, 0.4) is 0 Å². The number of anilines is 2. The van der Waals surface area contributed by atoms with Crippen molar-refractivity contribution in [3.05, 3.63) is 80.4 Å². The number of phenolic OH excluding ortho intramolecular Hbond substituents is 2. The molecule has 2 aromatic heterocycles. The Balaban J connectivity index is 0.000000132. The molecule has 6 saturated heterocycles. The predicted molar refractivity (Wildman–Crippen MR) is 491 cm³/mol. The summed E-state index contributed by atoms with van der Waals surface area (Å²) < 4.78 is 172. The number of halogens is 4. The van der Waals surface area contributed by atoms with E-state index in [1.165, 1.54) is 30.7 Å². The quantitative estimate of drug-likeness (QED) is 0.0457. The highest BCUT2D eigenvalue weighted by molar-refractivity contribution is 8.00. The zero-order valence-corrected chi connectivity index (χ0v) is 82.0. The highest BCUT2D eigenvalue weighted by Crippen LogP contribution is 2.50. The van der Waals surface area contributed by atoms with Crippen molar-refractivity contribution in [2.24, 2.45) is 0 Å². The molecule has 7 N–H and O–H groups in total. The Hall–Kier alpha value is -4.85. The Labute approximate surface area is 786 Å². The molecule has 31 nitrogen and oxygen atoms in total. The topological polar surface area (TPSA) is 440 Å². The smallest absolute Gasteiger partial charge is 0.264 e. The van der Waals surface area contributed by atoms with E-state index in [1.54, 1.807) is 12.1 Å². The van der Waals surface area contributed by atoms with E-state index < -0.39 is 78.5 Å². The summed E-state index contributed by atoms with van der Waals surface area (Å²) in [5.41, 5.74) is 13.1. The third kappa shape index (κ3) is 25.0. The fraction of sp³-hybridized carbons (Fsp3) is 0.689. The van der Waals surface area contributed by atoms with Crippen molar-refractivity contribution in [1.82, 2.24) is 14.9 Å². The number of ketones is 2. The number of thioether (sulfide) groups is 1. The van der Waals surface area contributed by atoms with Crippen LogP contribution < -0.4 is 11.5 Å². The van der Waals surface area contributed by atoms with E-state index in [1.807, 2.05) is 44.7 Å². The third-order valence-electron chi connectivity index (χ3n) is 26.2. The molecule has 724 valence electrons. The molecule has 6 aromatic rings. The number of hydrogen-bond donors (Lipinski definition) is 5. The maximum Gasteiger partial charge on any atom is 0.264 e. The summed E-state index contributed by atoms with van der Waals surface area (Å²) in [7, 11) is -14.5. The molecular weight excluding hydrogens is 1870 g/mol. The van der Waals surface area contributed by atoms with Gasteiger partial charge in [-0.3, -0.25) is 13.8 Å². The fourth-order valence-corrected chi connectivity index (χ4v) is 28.1. The summed E-state index contributed by atoms with van der Waals surface area (Å²) in [5.74, 6) is -1.32. The van der Waals surface area contributed by atoms with Crippen LogP contribution in [0.2, 0.25) is 20.1 Å². The molecule has 6 aliphatic heterocycles. The van der Waals surface area contributed by atoms with Gasteiger partial charge in [0.25, 0.3) is 10.1 Å². The van der Waals surface area contributed by atoms with E-state index in [2.05, 4.69) is 35.6 Å². The molecule has 5 spiro atoms. The molecule has 0 bridgehead atoms. The van der Waals surface area contributed by atoms with Crippen molar-refractivity contribution in [3.8, 4) is 11.5 Å². The van der Waals surface area contributed by atoms with Gasteiger partial charge in [-0.05, 0) is 158 Å². The number of Topliss-reactive ketones (excluding diaryl/α,β-unsaturated/α-hetero) is 2. The number of carbonyl (C=O) groups is 2. The average molecular weight is 2000 g/mol. The number of aliphatic hydroxyl groups excluding tert-OH is 1. The van der Waals surface area contributed by atoms with Crippen LogP contribution in [0.15, 0.2) is 76.9 Å². The minimum atomic E-state index is -3.78. The minimum absolute atomic E-state index is 0.0325. The number of fused-ring (bicyclic) bond motifs is 2. The number of aliphatic hydroxyl groups is 1. The molecule has 0 atom stereocenters. The van der Waals surface area contributed by atoms with Crippen molar-refractivity contribution in [2.45, 2.75) is 326 Å². The van der Waals surface area contributed by atoms with E-state index in [0.29, 0.717) is 145 Å². The number of ether oxygens (including phenoxy) is 10. The zero-order valence-electron chi connectivity index (χ0n) is 74.9. The van der Waals surface area contributed by atoms with Gasteiger partial charge in [-0.1, -0.05) is 87.9 Å². The molecule has 0 radical (unpaired) electrons. The molecule has 40 heteroatoms. The number of benzene rings is 4. The Morgan fingerprint density at radius 1 is 0.431 bits per heavy atom. The van der Waals surface area contributed by atoms with Crippen LogP contribution in [0.25, 0.3) is 22.2 Å². The number of nitrogen functional groups attached to an aromatic ring is 2. The van der Waals surface area contributed by atoms with Gasteiger partial charge in [0.1, 0.15) is 37.3 Å². The number of aromatic hydroxyl groups is 2. The Kier molecular flexibility index (Phi) is 33.6. The molecule has 7 aliphatic carbocycles. The van der Waals surface area contributed by atoms with Gasteiger partial charge in [-0.15, -0.1) is 11.8 Å². The van der Waals surface area contributed by atoms with Crippen molar-refractivity contribution in [2.75, 3.05) is 96.9 Å². The first-order valence-corrected chi connectivity index (χ1v) is 54.0. The van der Waals surface area contributed by atoms with Gasteiger partial charge in [0.05, 0.1) is 137 Å². The molecule has 7 saturated carbocycles. The lowest BCUT2D eigenvalue weighted by molar-refractivity contribution is -0.187. The van der Waals surface area contributed by atoms with Gasteiger partial charge in [-0.25, -0.2) is 35.2 Å². The third-order valence-corrected chi connectivity index (χ3v) is 36.9. The molecule has 8 heterocycles. The number of nitrogens with two attached hydrogens (primary N) is 2. The SMILES string of the molecule is CC(C)(C)c1nc2ccc(Cl)c(S(=O)(=O)C3CCC4(CC3)OCCO4)c2o1.CC(C)(C)c1nc2ccc(Cl)c(SC3CCC4(CC3)OCCO4)c2o1.CS(=O)(=O)OC1CCC2(CC1)OCCO2.Nc1ccc(Cl)c(S(=O)(=O)C2CCC(=O)CC2)c1O.Nc1ccc(Cl)c(S(=O)(=O)C2CCC(N3CCC3)CC2)c1O.O=C1CCC2(CC1)OCCO2.OC1CCC2(CC1)OCCO2. The second-order valence-electron chi connectivity index (χ2n) is 37.6. The van der Waals surface area contributed by atoms with Crippen LogP contribution in [0.4, 0.5) is 11.4 Å². The Morgan fingerprint density at radius 2 is 0.769 bits per heavy atom. The molecule has 0 amide bonds. The molecule has 13 fully saturated rings. The second-order valence-corrected chi connectivity index (χ2v) is 48.7. The van der Waals surface area contributed by atoms with Gasteiger partial charge in [0, 0.05) is 112 Å². The number of nitrogens with zero attached hydrogens (tertiary/aromatic N) is 3. The Morgan fingerprint density at radius 3 is 1.18 bits per heavy atom. The predicted octanol–water partition coefficient (Wildman–Crippen LogP) is 16.3. The van der Waals surface area contributed by atoms with Crippen LogP contribution in [0, 0.1) is 0 Å². The lowest BCUT2D eigenvalue weighted by Gasteiger charge is -2.41. The van der Waals surface area contributed by atoms with Gasteiger partial charge >= 0.3 is 0 Å². The zero-order chi connectivity index (χ0) is 93.6. The lowest BCUT2D eigenvalue weighted by Crippen LogP contribution is -2.47. The van der Waals surface area contributed by atoms with E-state index >= 15 is 0 Å². The Bertz CT molecular complexity index is 5350. The normalized spacial score (nSPS) is 25.2. The summed E-state index contributed by atoms with van der Waals surface area (Å²) in [5, 5.41) is 28.8. The van der Waals surface area contributed by atoms with Gasteiger partial charge in [0.15, 0.2) is 81.1 Å². The van der Waals surface area contributed by atoms with Gasteiger partial charge in [0.2, 0.25) is 11.8 Å². The second kappa shape index (κ2) is 42.6. The molecule has 19 rings (SSSR count). The number of aromatic nitrogens is 2. The van der Waals surface area contributed by atoms with Crippen LogP contribution >= 0.6 is 58.2 Å².